The highest BCUT2D eigenvalue weighted by atomic mass is 15.0. The van der Waals surface area contributed by atoms with Gasteiger partial charge in [0.25, 0.3) is 0 Å². The Morgan fingerprint density at radius 3 is 1.43 bits per heavy atom. The Balaban J connectivity index is 1.28. The van der Waals surface area contributed by atoms with Crippen LogP contribution >= 0.6 is 0 Å². The third-order valence-corrected chi connectivity index (χ3v) is 9.19. The fraction of sp³-hybridized carbons (Fsp3) is 0. The lowest BCUT2D eigenvalue weighted by Crippen LogP contribution is -2.00. The Morgan fingerprint density at radius 2 is 0.796 bits per heavy atom. The first-order chi connectivity index (χ1) is 24.3. The molecule has 49 heavy (non-hydrogen) atoms. The number of nitrogens with zero attached hydrogens (tertiary/aromatic N) is 3. The minimum atomic E-state index is 0.699. The van der Waals surface area contributed by atoms with Crippen molar-refractivity contribution in [2.24, 2.45) is 0 Å². The van der Waals surface area contributed by atoms with Gasteiger partial charge in [0.05, 0.1) is 16.7 Å². The predicted molar refractivity (Wildman–Crippen MR) is 204 cm³/mol. The monoisotopic (exact) mass is 625 g/mol. The molecule has 0 aliphatic heterocycles. The van der Waals surface area contributed by atoms with Gasteiger partial charge in [0.1, 0.15) is 5.52 Å². The van der Waals surface area contributed by atoms with Crippen LogP contribution < -0.4 is 0 Å². The second kappa shape index (κ2) is 12.2. The highest BCUT2D eigenvalue weighted by Gasteiger charge is 2.21. The van der Waals surface area contributed by atoms with Crippen LogP contribution in [0, 0.1) is 0 Å². The number of para-hydroxylation sites is 2. The van der Waals surface area contributed by atoms with Crippen LogP contribution in [0.3, 0.4) is 0 Å². The quantitative estimate of drug-likeness (QED) is 0.184. The van der Waals surface area contributed by atoms with Crippen molar-refractivity contribution < 1.29 is 0 Å². The van der Waals surface area contributed by atoms with Crippen molar-refractivity contribution in [3.8, 4) is 61.7 Å². The summed E-state index contributed by atoms with van der Waals surface area (Å²) in [5.74, 6) is 0.699. The number of fused-ring (bicyclic) bond motifs is 3. The molecule has 0 saturated heterocycles. The van der Waals surface area contributed by atoms with Gasteiger partial charge in [0.2, 0.25) is 0 Å². The first kappa shape index (κ1) is 28.6. The molecule has 0 unspecified atom stereocenters. The fourth-order valence-corrected chi connectivity index (χ4v) is 6.84. The normalized spacial score (nSPS) is 11.3. The lowest BCUT2D eigenvalue weighted by Gasteiger charge is -2.13. The predicted octanol–water partition coefficient (Wildman–Crippen LogP) is 11.9. The molecule has 0 N–H and O–H groups in total. The number of hydrogen-bond acceptors (Lipinski definition) is 2. The Hall–Kier alpha value is -6.58. The first-order valence-electron chi connectivity index (χ1n) is 16.6. The van der Waals surface area contributed by atoms with Crippen molar-refractivity contribution in [2.45, 2.75) is 0 Å². The summed E-state index contributed by atoms with van der Waals surface area (Å²) in [6.07, 6.45) is 0. The van der Waals surface area contributed by atoms with Crippen molar-refractivity contribution in [3.05, 3.63) is 188 Å². The standard InChI is InChI=1S/C46H31N3/c1-4-15-32(16-5-1)34-19-12-21-36(29-34)37-22-14-24-39(31-37)46-47-43(38-23-13-20-35(30-38)33-17-6-2-7-18-33)45-44(48-46)41-27-10-11-28-42(41)49(45)40-25-8-3-9-26-40/h1-31H. The van der Waals surface area contributed by atoms with Gasteiger partial charge in [-0.1, -0.05) is 152 Å². The molecule has 0 radical (unpaired) electrons. The van der Waals surface area contributed by atoms with Crippen molar-refractivity contribution in [1.82, 2.24) is 14.5 Å². The van der Waals surface area contributed by atoms with Gasteiger partial charge in [-0.25, -0.2) is 9.97 Å². The van der Waals surface area contributed by atoms with Crippen molar-refractivity contribution in [3.63, 3.8) is 0 Å². The van der Waals surface area contributed by atoms with Gasteiger partial charge in [-0.3, -0.25) is 0 Å². The van der Waals surface area contributed by atoms with Crippen LogP contribution in [0.25, 0.3) is 83.6 Å². The van der Waals surface area contributed by atoms with E-state index in [-0.39, 0.29) is 0 Å². The molecule has 3 heteroatoms. The van der Waals surface area contributed by atoms with Gasteiger partial charge in [0.15, 0.2) is 5.82 Å². The molecule has 0 fully saturated rings. The molecule has 2 aromatic heterocycles. The van der Waals surface area contributed by atoms with Crippen molar-refractivity contribution in [2.75, 3.05) is 0 Å². The molecule has 7 aromatic carbocycles. The lowest BCUT2D eigenvalue weighted by molar-refractivity contribution is 1.15. The number of aromatic nitrogens is 3. The zero-order valence-electron chi connectivity index (χ0n) is 26.7. The van der Waals surface area contributed by atoms with E-state index in [2.05, 4.69) is 193 Å². The Labute approximate surface area is 285 Å². The van der Waals surface area contributed by atoms with Crippen LogP contribution in [0.4, 0.5) is 0 Å². The second-order valence-electron chi connectivity index (χ2n) is 12.3. The first-order valence-corrected chi connectivity index (χ1v) is 16.6. The molecule has 0 aliphatic rings. The smallest absolute Gasteiger partial charge is 0.160 e. The molecule has 9 rings (SSSR count). The van der Waals surface area contributed by atoms with Crippen molar-refractivity contribution >= 4 is 21.9 Å². The molecule has 0 atom stereocenters. The highest BCUT2D eigenvalue weighted by molar-refractivity contribution is 6.11. The number of rotatable bonds is 6. The summed E-state index contributed by atoms with van der Waals surface area (Å²) >= 11 is 0. The van der Waals surface area contributed by atoms with E-state index in [1.54, 1.807) is 0 Å². The van der Waals surface area contributed by atoms with E-state index in [1.807, 2.05) is 0 Å². The minimum Gasteiger partial charge on any atom is -0.306 e. The summed E-state index contributed by atoms with van der Waals surface area (Å²) in [6.45, 7) is 0. The van der Waals surface area contributed by atoms with Crippen LogP contribution in [0.15, 0.2) is 188 Å². The summed E-state index contributed by atoms with van der Waals surface area (Å²) in [4.78, 5) is 10.8. The summed E-state index contributed by atoms with van der Waals surface area (Å²) in [6, 6.07) is 66.1. The molecule has 0 aliphatic carbocycles. The highest BCUT2D eigenvalue weighted by Crippen LogP contribution is 2.39. The second-order valence-corrected chi connectivity index (χ2v) is 12.3. The average Bonchev–Trinajstić information content (AvgIpc) is 3.53. The van der Waals surface area contributed by atoms with Gasteiger partial charge in [-0.2, -0.15) is 0 Å². The van der Waals surface area contributed by atoms with Gasteiger partial charge >= 0.3 is 0 Å². The summed E-state index contributed by atoms with van der Waals surface area (Å²) in [5, 5.41) is 1.09. The van der Waals surface area contributed by atoms with Crippen LogP contribution in [-0.4, -0.2) is 14.5 Å². The topological polar surface area (TPSA) is 30.7 Å². The zero-order chi connectivity index (χ0) is 32.6. The van der Waals surface area contributed by atoms with Gasteiger partial charge in [-0.15, -0.1) is 0 Å². The molecule has 230 valence electrons. The third kappa shape index (κ3) is 5.28. The maximum atomic E-state index is 5.43. The van der Waals surface area contributed by atoms with E-state index in [9.17, 15) is 0 Å². The molecular formula is C46H31N3. The van der Waals surface area contributed by atoms with E-state index < -0.39 is 0 Å². The van der Waals surface area contributed by atoms with Crippen molar-refractivity contribution in [1.29, 1.82) is 0 Å². The van der Waals surface area contributed by atoms with E-state index >= 15 is 0 Å². The van der Waals surface area contributed by atoms with Gasteiger partial charge < -0.3 is 4.57 Å². The largest absolute Gasteiger partial charge is 0.306 e. The molecule has 0 amide bonds. The molecular weight excluding hydrogens is 595 g/mol. The number of hydrogen-bond donors (Lipinski definition) is 0. The Kier molecular flexibility index (Phi) is 7.14. The summed E-state index contributed by atoms with van der Waals surface area (Å²) in [7, 11) is 0. The Bertz CT molecular complexity index is 2590. The molecule has 3 nitrogen and oxygen atoms in total. The Morgan fingerprint density at radius 1 is 0.347 bits per heavy atom. The van der Waals surface area contributed by atoms with Crippen LogP contribution in [-0.2, 0) is 0 Å². The molecule has 2 heterocycles. The van der Waals surface area contributed by atoms with E-state index in [0.29, 0.717) is 5.82 Å². The van der Waals surface area contributed by atoms with Gasteiger partial charge in [0, 0.05) is 22.2 Å². The molecule has 0 saturated carbocycles. The van der Waals surface area contributed by atoms with E-state index in [0.717, 1.165) is 61.1 Å². The number of benzene rings is 7. The zero-order valence-corrected chi connectivity index (χ0v) is 26.7. The fourth-order valence-electron chi connectivity index (χ4n) is 6.84. The summed E-state index contributed by atoms with van der Waals surface area (Å²) < 4.78 is 2.31. The van der Waals surface area contributed by atoms with Crippen LogP contribution in [0.1, 0.15) is 0 Å². The van der Waals surface area contributed by atoms with E-state index in [4.69, 9.17) is 9.97 Å². The van der Waals surface area contributed by atoms with Crippen LogP contribution in [0.5, 0.6) is 0 Å². The maximum absolute atomic E-state index is 5.43. The van der Waals surface area contributed by atoms with E-state index in [1.165, 1.54) is 16.7 Å². The molecule has 0 bridgehead atoms. The molecule has 0 spiro atoms. The maximum Gasteiger partial charge on any atom is 0.160 e. The average molecular weight is 626 g/mol. The summed E-state index contributed by atoms with van der Waals surface area (Å²) in [5.41, 5.74) is 14.0. The van der Waals surface area contributed by atoms with Crippen LogP contribution in [0.2, 0.25) is 0 Å². The lowest BCUT2D eigenvalue weighted by atomic mass is 9.97. The molecule has 9 aromatic rings. The SMILES string of the molecule is c1ccc(-c2cccc(-c3cccc(-c4nc(-c5cccc(-c6ccccc6)c5)c5c(n4)c4ccccc4n5-c4ccccc4)c3)c2)cc1. The third-order valence-electron chi connectivity index (χ3n) is 9.19. The minimum absolute atomic E-state index is 0.699. The van der Waals surface area contributed by atoms with Gasteiger partial charge in [-0.05, 0) is 69.8 Å².